The van der Waals surface area contributed by atoms with Crippen molar-refractivity contribution in [2.45, 2.75) is 0 Å². The van der Waals surface area contributed by atoms with Crippen LogP contribution in [0.25, 0.3) is 5.57 Å². The van der Waals surface area contributed by atoms with Crippen LogP contribution in [0.4, 0.5) is 5.69 Å². The molecule has 6 heteroatoms. The van der Waals surface area contributed by atoms with Gasteiger partial charge < -0.3 is 10.4 Å². The third-order valence-corrected chi connectivity index (χ3v) is 4.47. The molecule has 0 spiro atoms. The van der Waals surface area contributed by atoms with Crippen LogP contribution in [0.2, 0.25) is 10.0 Å². The Bertz CT molecular complexity index is 995. The summed E-state index contributed by atoms with van der Waals surface area (Å²) in [6, 6.07) is 20.3. The molecule has 140 valence electrons. The first-order valence-corrected chi connectivity index (χ1v) is 9.06. The molecule has 3 rings (SSSR count). The summed E-state index contributed by atoms with van der Waals surface area (Å²) >= 11 is 11.9. The van der Waals surface area contributed by atoms with Gasteiger partial charge in [-0.1, -0.05) is 53.5 Å². The Morgan fingerprint density at radius 1 is 0.786 bits per heavy atom. The van der Waals surface area contributed by atoms with E-state index in [4.69, 9.17) is 28.3 Å². The van der Waals surface area contributed by atoms with Crippen LogP contribution >= 0.6 is 23.2 Å². The Morgan fingerprint density at radius 2 is 1.32 bits per heavy atom. The van der Waals surface area contributed by atoms with Gasteiger partial charge in [0.15, 0.2) is 0 Å². The summed E-state index contributed by atoms with van der Waals surface area (Å²) < 4.78 is 0. The number of nitrogens with one attached hydrogen (secondary N) is 1. The Balaban J connectivity index is 1.95. The number of amides is 1. The van der Waals surface area contributed by atoms with E-state index in [2.05, 4.69) is 5.32 Å². The van der Waals surface area contributed by atoms with Crippen LogP contribution in [0.3, 0.4) is 0 Å². The molecule has 1 amide bonds. The molecule has 0 saturated carbocycles. The number of hydrogen-bond donors (Lipinski definition) is 2. The fourth-order valence-electron chi connectivity index (χ4n) is 2.63. The van der Waals surface area contributed by atoms with Gasteiger partial charge in [-0.3, -0.25) is 4.79 Å². The van der Waals surface area contributed by atoms with E-state index in [1.165, 1.54) is 18.2 Å². The zero-order chi connectivity index (χ0) is 20.1. The fourth-order valence-corrected chi connectivity index (χ4v) is 2.88. The van der Waals surface area contributed by atoms with Crippen LogP contribution < -0.4 is 5.32 Å². The molecule has 0 heterocycles. The molecule has 0 atom stereocenters. The van der Waals surface area contributed by atoms with Crippen molar-refractivity contribution in [3.63, 3.8) is 0 Å². The molecular formula is C22H15Cl2NO3. The van der Waals surface area contributed by atoms with Crippen LogP contribution in [0.1, 0.15) is 21.5 Å². The molecular weight excluding hydrogens is 397 g/mol. The quantitative estimate of drug-likeness (QED) is 0.524. The molecule has 0 aliphatic heterocycles. The van der Waals surface area contributed by atoms with E-state index in [1.807, 2.05) is 24.3 Å². The Hall–Kier alpha value is -3.08. The predicted molar refractivity (Wildman–Crippen MR) is 112 cm³/mol. The second-order valence-electron chi connectivity index (χ2n) is 5.95. The molecule has 0 aliphatic carbocycles. The summed E-state index contributed by atoms with van der Waals surface area (Å²) in [5.41, 5.74) is 2.78. The van der Waals surface area contributed by atoms with Gasteiger partial charge in [-0.2, -0.15) is 0 Å². The van der Waals surface area contributed by atoms with Gasteiger partial charge >= 0.3 is 5.97 Å². The summed E-state index contributed by atoms with van der Waals surface area (Å²) in [4.78, 5) is 23.7. The first kappa shape index (κ1) is 19.7. The maximum atomic E-state index is 12.6. The van der Waals surface area contributed by atoms with Gasteiger partial charge in [-0.05, 0) is 59.2 Å². The molecule has 3 aromatic rings. The van der Waals surface area contributed by atoms with Gasteiger partial charge in [0.05, 0.1) is 5.56 Å². The average molecular weight is 412 g/mol. The minimum atomic E-state index is -1.06. The van der Waals surface area contributed by atoms with E-state index in [0.717, 1.165) is 11.1 Å². The van der Waals surface area contributed by atoms with Gasteiger partial charge in [0.2, 0.25) is 5.91 Å². The number of halogens is 2. The molecule has 0 unspecified atom stereocenters. The lowest BCUT2D eigenvalue weighted by Gasteiger charge is -2.10. The SMILES string of the molecule is O=C(C=C(c1ccc(Cl)cc1)c1ccc(Cl)cc1)Nc1cccc(C(=O)O)c1. The number of hydrogen-bond acceptors (Lipinski definition) is 2. The van der Waals surface area contributed by atoms with Crippen molar-refractivity contribution in [1.82, 2.24) is 0 Å². The van der Waals surface area contributed by atoms with Crippen LogP contribution in [-0.2, 0) is 4.79 Å². The topological polar surface area (TPSA) is 66.4 Å². The Kier molecular flexibility index (Phi) is 6.14. The number of rotatable bonds is 5. The monoisotopic (exact) mass is 411 g/mol. The maximum Gasteiger partial charge on any atom is 0.335 e. The summed E-state index contributed by atoms with van der Waals surface area (Å²) in [7, 11) is 0. The van der Waals surface area contributed by atoms with E-state index in [0.29, 0.717) is 21.3 Å². The number of carbonyl (C=O) groups excluding carboxylic acids is 1. The van der Waals surface area contributed by atoms with Crippen molar-refractivity contribution in [3.8, 4) is 0 Å². The van der Waals surface area contributed by atoms with Crippen molar-refractivity contribution in [1.29, 1.82) is 0 Å². The van der Waals surface area contributed by atoms with Gasteiger partial charge in [-0.15, -0.1) is 0 Å². The molecule has 0 aliphatic rings. The largest absolute Gasteiger partial charge is 0.478 e. The van der Waals surface area contributed by atoms with Crippen LogP contribution in [-0.4, -0.2) is 17.0 Å². The molecule has 0 radical (unpaired) electrons. The molecule has 0 saturated heterocycles. The highest BCUT2D eigenvalue weighted by Gasteiger charge is 2.10. The van der Waals surface area contributed by atoms with E-state index in [1.54, 1.807) is 36.4 Å². The fraction of sp³-hybridized carbons (Fsp3) is 0. The van der Waals surface area contributed by atoms with Crippen molar-refractivity contribution >= 4 is 46.3 Å². The lowest BCUT2D eigenvalue weighted by Crippen LogP contribution is -2.10. The molecule has 0 fully saturated rings. The molecule has 4 nitrogen and oxygen atoms in total. The van der Waals surface area contributed by atoms with Crippen molar-refractivity contribution in [2.24, 2.45) is 0 Å². The van der Waals surface area contributed by atoms with Crippen LogP contribution in [0.5, 0.6) is 0 Å². The van der Waals surface area contributed by atoms with Crippen LogP contribution in [0, 0.1) is 0 Å². The molecule has 3 aromatic carbocycles. The third-order valence-electron chi connectivity index (χ3n) is 3.96. The lowest BCUT2D eigenvalue weighted by atomic mass is 9.97. The summed E-state index contributed by atoms with van der Waals surface area (Å²) in [5, 5.41) is 13.0. The summed E-state index contributed by atoms with van der Waals surface area (Å²) in [6.45, 7) is 0. The number of carbonyl (C=O) groups is 2. The summed E-state index contributed by atoms with van der Waals surface area (Å²) in [5.74, 6) is -1.45. The first-order chi connectivity index (χ1) is 13.4. The number of benzene rings is 3. The van der Waals surface area contributed by atoms with Crippen molar-refractivity contribution < 1.29 is 14.7 Å². The third kappa shape index (κ3) is 5.00. The number of carboxylic acids is 1. The Labute approximate surface area is 172 Å². The molecule has 0 bridgehead atoms. The molecule has 28 heavy (non-hydrogen) atoms. The normalized spacial score (nSPS) is 10.2. The summed E-state index contributed by atoms with van der Waals surface area (Å²) in [6.07, 6.45) is 1.46. The van der Waals surface area contributed by atoms with Crippen molar-refractivity contribution in [3.05, 3.63) is 106 Å². The number of carboxylic acid groups (broad SMARTS) is 1. The smallest absolute Gasteiger partial charge is 0.335 e. The second-order valence-corrected chi connectivity index (χ2v) is 6.82. The van der Waals surface area contributed by atoms with Crippen molar-refractivity contribution in [2.75, 3.05) is 5.32 Å². The number of anilines is 1. The van der Waals surface area contributed by atoms with E-state index >= 15 is 0 Å². The highest BCUT2D eigenvalue weighted by atomic mass is 35.5. The lowest BCUT2D eigenvalue weighted by molar-refractivity contribution is -0.111. The zero-order valence-electron chi connectivity index (χ0n) is 14.5. The standard InChI is InChI=1S/C22H15Cl2NO3/c23-17-8-4-14(5-9-17)20(15-6-10-18(24)11-7-15)13-21(26)25-19-3-1-2-16(12-19)22(27)28/h1-13H,(H,25,26)(H,27,28). The first-order valence-electron chi connectivity index (χ1n) is 8.30. The Morgan fingerprint density at radius 3 is 1.82 bits per heavy atom. The molecule has 0 aromatic heterocycles. The van der Waals surface area contributed by atoms with Gasteiger partial charge in [0.25, 0.3) is 0 Å². The van der Waals surface area contributed by atoms with E-state index < -0.39 is 5.97 Å². The highest BCUT2D eigenvalue weighted by molar-refractivity contribution is 6.31. The highest BCUT2D eigenvalue weighted by Crippen LogP contribution is 2.26. The van der Waals surface area contributed by atoms with Crippen LogP contribution in [0.15, 0.2) is 78.9 Å². The van der Waals surface area contributed by atoms with E-state index in [9.17, 15) is 9.59 Å². The number of aromatic carboxylic acids is 1. The predicted octanol–water partition coefficient (Wildman–Crippen LogP) is 5.76. The van der Waals surface area contributed by atoms with Gasteiger partial charge in [0, 0.05) is 21.8 Å². The zero-order valence-corrected chi connectivity index (χ0v) is 16.0. The van der Waals surface area contributed by atoms with Gasteiger partial charge in [0.1, 0.15) is 0 Å². The molecule has 2 N–H and O–H groups in total. The van der Waals surface area contributed by atoms with Gasteiger partial charge in [-0.25, -0.2) is 4.79 Å². The average Bonchev–Trinajstić information content (AvgIpc) is 2.68. The van der Waals surface area contributed by atoms with E-state index in [-0.39, 0.29) is 11.5 Å². The maximum absolute atomic E-state index is 12.6. The minimum Gasteiger partial charge on any atom is -0.478 e. The minimum absolute atomic E-state index is 0.0948. The second kappa shape index (κ2) is 8.74.